The first-order chi connectivity index (χ1) is 8.29. The molecule has 0 aliphatic heterocycles. The van der Waals surface area contributed by atoms with E-state index in [4.69, 9.17) is 11.6 Å². The van der Waals surface area contributed by atoms with Gasteiger partial charge in [0.05, 0.1) is 0 Å². The van der Waals surface area contributed by atoms with E-state index in [9.17, 15) is 0 Å². The molecule has 1 aromatic rings. The largest absolute Gasteiger partial charge is 0.354 e. The Balaban J connectivity index is 1.60. The molecule has 17 heavy (non-hydrogen) atoms. The van der Waals surface area contributed by atoms with E-state index in [2.05, 4.69) is 25.6 Å². The molecule has 0 unspecified atom stereocenters. The van der Waals surface area contributed by atoms with Crippen LogP contribution in [0.2, 0.25) is 5.28 Å². The van der Waals surface area contributed by atoms with Gasteiger partial charge in [0.15, 0.2) is 0 Å². The molecule has 0 amide bonds. The van der Waals surface area contributed by atoms with Crippen LogP contribution in [0.5, 0.6) is 0 Å². The smallest absolute Gasteiger partial charge is 0.228 e. The lowest BCUT2D eigenvalue weighted by Gasteiger charge is -2.07. The molecule has 0 bridgehead atoms. The summed E-state index contributed by atoms with van der Waals surface area (Å²) in [7, 11) is 0. The van der Waals surface area contributed by atoms with Gasteiger partial charge in [-0.25, -0.2) is 0 Å². The van der Waals surface area contributed by atoms with Gasteiger partial charge in [-0.15, -0.1) is 0 Å². The summed E-state index contributed by atoms with van der Waals surface area (Å²) in [5.41, 5.74) is 0. The maximum Gasteiger partial charge on any atom is 0.228 e. The SMILES string of the molecule is Clc1nc(NCC2CC2)nc(NCC2CC2)n1. The molecule has 2 aliphatic carbocycles. The lowest BCUT2D eigenvalue weighted by molar-refractivity contribution is 0.852. The third-order valence-corrected chi connectivity index (χ3v) is 3.27. The third-order valence-electron chi connectivity index (χ3n) is 3.10. The van der Waals surface area contributed by atoms with Crippen molar-refractivity contribution in [3.05, 3.63) is 5.28 Å². The highest BCUT2D eigenvalue weighted by atomic mass is 35.5. The van der Waals surface area contributed by atoms with Gasteiger partial charge in [0.1, 0.15) is 0 Å². The normalized spacial score (nSPS) is 19.1. The Hall–Kier alpha value is -1.10. The van der Waals surface area contributed by atoms with Crippen molar-refractivity contribution in [2.45, 2.75) is 25.7 Å². The number of hydrogen-bond acceptors (Lipinski definition) is 5. The van der Waals surface area contributed by atoms with E-state index in [1.807, 2.05) is 0 Å². The van der Waals surface area contributed by atoms with Crippen LogP contribution in [0, 0.1) is 11.8 Å². The minimum Gasteiger partial charge on any atom is -0.354 e. The summed E-state index contributed by atoms with van der Waals surface area (Å²) >= 11 is 5.87. The van der Waals surface area contributed by atoms with Gasteiger partial charge in [-0.3, -0.25) is 0 Å². The summed E-state index contributed by atoms with van der Waals surface area (Å²) in [5.74, 6) is 2.73. The number of nitrogens with one attached hydrogen (secondary N) is 2. The molecule has 0 saturated heterocycles. The maximum atomic E-state index is 5.87. The highest BCUT2D eigenvalue weighted by molar-refractivity contribution is 6.28. The Bertz CT molecular complexity index is 369. The zero-order chi connectivity index (χ0) is 11.7. The quantitative estimate of drug-likeness (QED) is 0.814. The number of anilines is 2. The van der Waals surface area contributed by atoms with E-state index < -0.39 is 0 Å². The van der Waals surface area contributed by atoms with E-state index in [1.54, 1.807) is 0 Å². The molecular weight excluding hydrogens is 238 g/mol. The summed E-state index contributed by atoms with van der Waals surface area (Å²) in [6.07, 6.45) is 5.22. The zero-order valence-electron chi connectivity index (χ0n) is 9.62. The van der Waals surface area contributed by atoms with Gasteiger partial charge in [0.2, 0.25) is 17.2 Å². The molecule has 2 saturated carbocycles. The van der Waals surface area contributed by atoms with Crippen molar-refractivity contribution >= 4 is 23.5 Å². The van der Waals surface area contributed by atoms with Gasteiger partial charge in [-0.1, -0.05) is 0 Å². The average Bonchev–Trinajstić information content (AvgIpc) is 3.15. The van der Waals surface area contributed by atoms with Crippen molar-refractivity contribution in [1.29, 1.82) is 0 Å². The van der Waals surface area contributed by atoms with Gasteiger partial charge in [0.25, 0.3) is 0 Å². The van der Waals surface area contributed by atoms with E-state index in [1.165, 1.54) is 25.7 Å². The van der Waals surface area contributed by atoms with Gasteiger partial charge in [0, 0.05) is 13.1 Å². The Morgan fingerprint density at radius 3 is 1.76 bits per heavy atom. The fourth-order valence-corrected chi connectivity index (χ4v) is 1.78. The van der Waals surface area contributed by atoms with Crippen LogP contribution in [-0.4, -0.2) is 28.0 Å². The predicted octanol–water partition coefficient (Wildman–Crippen LogP) is 2.17. The van der Waals surface area contributed by atoms with Crippen LogP contribution >= 0.6 is 11.6 Å². The number of rotatable bonds is 6. The Morgan fingerprint density at radius 2 is 1.35 bits per heavy atom. The molecule has 0 radical (unpaired) electrons. The van der Waals surface area contributed by atoms with E-state index >= 15 is 0 Å². The second kappa shape index (κ2) is 4.64. The van der Waals surface area contributed by atoms with Crippen LogP contribution in [0.15, 0.2) is 0 Å². The summed E-state index contributed by atoms with van der Waals surface area (Å²) < 4.78 is 0. The highest BCUT2D eigenvalue weighted by Crippen LogP contribution is 2.29. The van der Waals surface area contributed by atoms with Gasteiger partial charge < -0.3 is 10.6 Å². The van der Waals surface area contributed by atoms with Crippen LogP contribution in [0.3, 0.4) is 0 Å². The standard InChI is InChI=1S/C11H16ClN5/c12-9-15-10(13-5-7-1-2-7)17-11(16-9)14-6-8-3-4-8/h7-8H,1-6H2,(H2,13,14,15,16,17). The molecule has 3 rings (SSSR count). The van der Waals surface area contributed by atoms with Gasteiger partial charge >= 0.3 is 0 Å². The summed E-state index contributed by atoms with van der Waals surface area (Å²) in [6.45, 7) is 1.87. The predicted molar refractivity (Wildman–Crippen MR) is 67.3 cm³/mol. The van der Waals surface area contributed by atoms with Crippen molar-refractivity contribution < 1.29 is 0 Å². The number of nitrogens with zero attached hydrogens (tertiary/aromatic N) is 3. The van der Waals surface area contributed by atoms with Gasteiger partial charge in [-0.2, -0.15) is 15.0 Å². The molecule has 2 aliphatic rings. The maximum absolute atomic E-state index is 5.87. The summed E-state index contributed by atoms with van der Waals surface area (Å²) in [5, 5.41) is 6.66. The molecule has 5 nitrogen and oxygen atoms in total. The summed E-state index contributed by atoms with van der Waals surface area (Å²) in [4.78, 5) is 12.4. The monoisotopic (exact) mass is 253 g/mol. The minimum absolute atomic E-state index is 0.247. The molecule has 92 valence electrons. The first-order valence-electron chi connectivity index (χ1n) is 6.19. The highest BCUT2D eigenvalue weighted by Gasteiger charge is 2.22. The number of halogens is 1. The van der Waals surface area contributed by atoms with Crippen molar-refractivity contribution in [1.82, 2.24) is 15.0 Å². The van der Waals surface area contributed by atoms with Crippen molar-refractivity contribution in [2.24, 2.45) is 11.8 Å². The second-order valence-corrected chi connectivity index (χ2v) is 5.24. The number of hydrogen-bond donors (Lipinski definition) is 2. The van der Waals surface area contributed by atoms with E-state index in [0.717, 1.165) is 24.9 Å². The lowest BCUT2D eigenvalue weighted by Crippen LogP contribution is -2.12. The van der Waals surface area contributed by atoms with Crippen LogP contribution < -0.4 is 10.6 Å². The van der Waals surface area contributed by atoms with Crippen LogP contribution in [0.1, 0.15) is 25.7 Å². The molecule has 0 spiro atoms. The molecule has 6 heteroatoms. The van der Waals surface area contributed by atoms with Crippen molar-refractivity contribution in [3.8, 4) is 0 Å². The lowest BCUT2D eigenvalue weighted by atomic mass is 10.4. The van der Waals surface area contributed by atoms with Crippen LogP contribution in [-0.2, 0) is 0 Å². The average molecular weight is 254 g/mol. The molecule has 2 fully saturated rings. The Labute approximate surface area is 105 Å². The summed E-state index contributed by atoms with van der Waals surface area (Å²) in [6, 6.07) is 0. The first kappa shape index (κ1) is 11.0. The minimum atomic E-state index is 0.247. The van der Waals surface area contributed by atoms with Crippen LogP contribution in [0.25, 0.3) is 0 Å². The van der Waals surface area contributed by atoms with Crippen molar-refractivity contribution in [3.63, 3.8) is 0 Å². The fraction of sp³-hybridized carbons (Fsp3) is 0.727. The van der Waals surface area contributed by atoms with Gasteiger partial charge in [-0.05, 0) is 49.1 Å². The molecule has 2 N–H and O–H groups in total. The molecule has 1 aromatic heterocycles. The molecular formula is C11H16ClN5. The molecule has 0 aromatic carbocycles. The topological polar surface area (TPSA) is 62.7 Å². The van der Waals surface area contributed by atoms with Crippen LogP contribution in [0.4, 0.5) is 11.9 Å². The fourth-order valence-electron chi connectivity index (χ4n) is 1.62. The second-order valence-electron chi connectivity index (χ2n) is 4.90. The van der Waals surface area contributed by atoms with E-state index in [-0.39, 0.29) is 5.28 Å². The molecule has 0 atom stereocenters. The first-order valence-corrected chi connectivity index (χ1v) is 6.57. The molecule has 1 heterocycles. The van der Waals surface area contributed by atoms with Crippen molar-refractivity contribution in [2.75, 3.05) is 23.7 Å². The third kappa shape index (κ3) is 3.43. The number of aromatic nitrogens is 3. The Kier molecular flexibility index (Phi) is 3.01. The van der Waals surface area contributed by atoms with E-state index in [0.29, 0.717) is 11.9 Å². The Morgan fingerprint density at radius 1 is 0.882 bits per heavy atom. The zero-order valence-corrected chi connectivity index (χ0v) is 10.4.